The highest BCUT2D eigenvalue weighted by molar-refractivity contribution is 6.34. The predicted molar refractivity (Wildman–Crippen MR) is 86.1 cm³/mol. The molecule has 1 rings (SSSR count). The number of nitrogens with zero attached hydrogens (tertiary/aromatic N) is 1. The Kier molecular flexibility index (Phi) is 7.41. The summed E-state index contributed by atoms with van der Waals surface area (Å²) < 4.78 is 0. The molecular formula is C15H24ClN3O. The fourth-order valence-corrected chi connectivity index (χ4v) is 2.29. The van der Waals surface area contributed by atoms with E-state index >= 15 is 0 Å². The van der Waals surface area contributed by atoms with E-state index in [4.69, 9.17) is 17.3 Å². The van der Waals surface area contributed by atoms with Crippen LogP contribution in [0.15, 0.2) is 18.2 Å². The fraction of sp³-hybridized carbons (Fsp3) is 0.533. The summed E-state index contributed by atoms with van der Waals surface area (Å²) in [4.78, 5) is 14.2. The molecule has 0 spiro atoms. The van der Waals surface area contributed by atoms with E-state index in [-0.39, 0.29) is 5.91 Å². The number of nitrogens with one attached hydrogen (secondary N) is 1. The lowest BCUT2D eigenvalue weighted by Gasteiger charge is -2.19. The van der Waals surface area contributed by atoms with Gasteiger partial charge in [0.25, 0.3) is 0 Å². The maximum Gasteiger partial charge on any atom is 0.224 e. The van der Waals surface area contributed by atoms with Crippen molar-refractivity contribution in [1.82, 2.24) is 4.90 Å². The Labute approximate surface area is 126 Å². The molecule has 0 aliphatic rings. The predicted octanol–water partition coefficient (Wildman–Crippen LogP) is 3.37. The average molecular weight is 298 g/mol. The first-order valence-electron chi connectivity index (χ1n) is 7.14. The third kappa shape index (κ3) is 5.80. The van der Waals surface area contributed by atoms with Crippen molar-refractivity contribution in [2.45, 2.75) is 33.1 Å². The summed E-state index contributed by atoms with van der Waals surface area (Å²) in [6, 6.07) is 5.09. The summed E-state index contributed by atoms with van der Waals surface area (Å²) in [5.74, 6) is -0.00998. The topological polar surface area (TPSA) is 58.4 Å². The molecule has 112 valence electrons. The Bertz CT molecular complexity index is 437. The summed E-state index contributed by atoms with van der Waals surface area (Å²) >= 11 is 6.02. The van der Waals surface area contributed by atoms with E-state index in [1.165, 1.54) is 0 Å². The maximum atomic E-state index is 11.9. The Balaban J connectivity index is 2.36. The number of nitrogen functional groups attached to an aromatic ring is 1. The Morgan fingerprint density at radius 3 is 2.70 bits per heavy atom. The lowest BCUT2D eigenvalue weighted by Crippen LogP contribution is -2.26. The number of rotatable bonds is 8. The highest BCUT2D eigenvalue weighted by Gasteiger charge is 2.07. The molecule has 0 radical (unpaired) electrons. The van der Waals surface area contributed by atoms with Crippen molar-refractivity contribution >= 4 is 28.9 Å². The van der Waals surface area contributed by atoms with Crippen LogP contribution in [0.2, 0.25) is 5.02 Å². The minimum Gasteiger partial charge on any atom is -0.399 e. The van der Waals surface area contributed by atoms with Crippen LogP contribution in [-0.4, -0.2) is 30.4 Å². The molecule has 3 N–H and O–H groups in total. The highest BCUT2D eigenvalue weighted by atomic mass is 35.5. The van der Waals surface area contributed by atoms with Crippen molar-refractivity contribution in [2.75, 3.05) is 30.7 Å². The highest BCUT2D eigenvalue weighted by Crippen LogP contribution is 2.24. The third-order valence-electron chi connectivity index (χ3n) is 3.13. The summed E-state index contributed by atoms with van der Waals surface area (Å²) in [5, 5.41) is 3.29. The molecule has 0 aromatic heterocycles. The number of amides is 1. The van der Waals surface area contributed by atoms with Crippen molar-refractivity contribution in [3.63, 3.8) is 0 Å². The lowest BCUT2D eigenvalue weighted by atomic mass is 10.2. The molecule has 0 aliphatic heterocycles. The van der Waals surface area contributed by atoms with Crippen molar-refractivity contribution < 1.29 is 4.79 Å². The average Bonchev–Trinajstić information content (AvgIpc) is 2.41. The largest absolute Gasteiger partial charge is 0.399 e. The van der Waals surface area contributed by atoms with Crippen molar-refractivity contribution in [1.29, 1.82) is 0 Å². The number of benzene rings is 1. The van der Waals surface area contributed by atoms with Gasteiger partial charge in [-0.2, -0.15) is 0 Å². The lowest BCUT2D eigenvalue weighted by molar-refractivity contribution is -0.116. The first-order valence-corrected chi connectivity index (χ1v) is 7.51. The van der Waals surface area contributed by atoms with Crippen LogP contribution in [0.5, 0.6) is 0 Å². The number of carbonyl (C=O) groups excluding carboxylic acids is 1. The van der Waals surface area contributed by atoms with Crippen molar-refractivity contribution in [3.8, 4) is 0 Å². The molecule has 1 amide bonds. The normalized spacial score (nSPS) is 10.8. The number of halogens is 1. The standard InChI is InChI=1S/C15H24ClN3O/c1-3-9-19(4-2)10-5-6-15(20)18-14-8-7-12(17)11-13(14)16/h7-8,11H,3-6,9-10,17H2,1-2H3,(H,18,20). The second kappa shape index (κ2) is 8.82. The van der Waals surface area contributed by atoms with Gasteiger partial charge in [0, 0.05) is 12.1 Å². The van der Waals surface area contributed by atoms with Gasteiger partial charge in [-0.3, -0.25) is 4.79 Å². The number of anilines is 2. The van der Waals surface area contributed by atoms with Crippen molar-refractivity contribution in [2.24, 2.45) is 0 Å². The first-order chi connectivity index (χ1) is 9.56. The minimum atomic E-state index is -0.00998. The van der Waals surface area contributed by atoms with E-state index in [1.807, 2.05) is 0 Å². The van der Waals surface area contributed by atoms with E-state index in [1.54, 1.807) is 18.2 Å². The minimum absolute atomic E-state index is 0.00998. The zero-order valence-corrected chi connectivity index (χ0v) is 13.0. The van der Waals surface area contributed by atoms with Gasteiger partial charge in [-0.05, 0) is 50.7 Å². The molecule has 20 heavy (non-hydrogen) atoms. The fourth-order valence-electron chi connectivity index (χ4n) is 2.05. The van der Waals surface area contributed by atoms with Gasteiger partial charge in [-0.15, -0.1) is 0 Å². The number of hydrogen-bond acceptors (Lipinski definition) is 3. The van der Waals surface area contributed by atoms with Gasteiger partial charge >= 0.3 is 0 Å². The number of hydrogen-bond donors (Lipinski definition) is 2. The van der Waals surface area contributed by atoms with Gasteiger partial charge in [0.05, 0.1) is 10.7 Å². The van der Waals surface area contributed by atoms with Gasteiger partial charge in [0.2, 0.25) is 5.91 Å². The molecule has 0 atom stereocenters. The summed E-state index contributed by atoms with van der Waals surface area (Å²) in [6.07, 6.45) is 2.49. The van der Waals surface area contributed by atoms with Crippen LogP contribution in [0.4, 0.5) is 11.4 Å². The van der Waals surface area contributed by atoms with E-state index in [0.717, 1.165) is 32.5 Å². The van der Waals surface area contributed by atoms with Gasteiger partial charge in [0.1, 0.15) is 0 Å². The maximum absolute atomic E-state index is 11.9. The zero-order chi connectivity index (χ0) is 15.0. The van der Waals surface area contributed by atoms with Crippen LogP contribution in [0.25, 0.3) is 0 Å². The van der Waals surface area contributed by atoms with Crippen molar-refractivity contribution in [3.05, 3.63) is 23.2 Å². The molecule has 4 nitrogen and oxygen atoms in total. The second-order valence-electron chi connectivity index (χ2n) is 4.83. The Hall–Kier alpha value is -1.26. The molecule has 0 saturated heterocycles. The van der Waals surface area contributed by atoms with Gasteiger partial charge in [-0.1, -0.05) is 25.4 Å². The van der Waals surface area contributed by atoms with Crippen LogP contribution >= 0.6 is 11.6 Å². The number of nitrogens with two attached hydrogens (primary N) is 1. The molecule has 0 aliphatic carbocycles. The SMILES string of the molecule is CCCN(CC)CCCC(=O)Nc1ccc(N)cc1Cl. The summed E-state index contributed by atoms with van der Waals surface area (Å²) in [7, 11) is 0. The monoisotopic (exact) mass is 297 g/mol. The first kappa shape index (κ1) is 16.8. The van der Waals surface area contributed by atoms with E-state index in [9.17, 15) is 4.79 Å². The van der Waals surface area contributed by atoms with Crippen LogP contribution in [0.3, 0.4) is 0 Å². The van der Waals surface area contributed by atoms with Gasteiger partial charge < -0.3 is 16.0 Å². The number of carbonyl (C=O) groups is 1. The molecule has 0 unspecified atom stereocenters. The summed E-state index contributed by atoms with van der Waals surface area (Å²) in [5.41, 5.74) is 6.82. The summed E-state index contributed by atoms with van der Waals surface area (Å²) in [6.45, 7) is 7.37. The molecule has 5 heteroatoms. The van der Waals surface area contributed by atoms with Crippen LogP contribution in [0, 0.1) is 0 Å². The van der Waals surface area contributed by atoms with E-state index in [2.05, 4.69) is 24.1 Å². The van der Waals surface area contributed by atoms with Gasteiger partial charge in [-0.25, -0.2) is 0 Å². The molecule has 0 fully saturated rings. The zero-order valence-electron chi connectivity index (χ0n) is 12.3. The quantitative estimate of drug-likeness (QED) is 0.723. The third-order valence-corrected chi connectivity index (χ3v) is 3.45. The Morgan fingerprint density at radius 1 is 1.35 bits per heavy atom. The second-order valence-corrected chi connectivity index (χ2v) is 5.23. The van der Waals surface area contributed by atoms with Gasteiger partial charge in [0.15, 0.2) is 0 Å². The molecule has 0 bridgehead atoms. The van der Waals surface area contributed by atoms with E-state index < -0.39 is 0 Å². The molecule has 1 aromatic carbocycles. The van der Waals surface area contributed by atoms with Crippen LogP contribution in [-0.2, 0) is 4.79 Å². The van der Waals surface area contributed by atoms with Crippen LogP contribution in [0.1, 0.15) is 33.1 Å². The Morgan fingerprint density at radius 2 is 2.10 bits per heavy atom. The molecule has 0 heterocycles. The smallest absolute Gasteiger partial charge is 0.224 e. The molecular weight excluding hydrogens is 274 g/mol. The molecule has 1 aromatic rings. The molecule has 0 saturated carbocycles. The van der Waals surface area contributed by atoms with Crippen LogP contribution < -0.4 is 11.1 Å². The van der Waals surface area contributed by atoms with E-state index in [0.29, 0.717) is 22.8 Å².